The lowest BCUT2D eigenvalue weighted by Gasteiger charge is -2.22. The fourth-order valence-electron chi connectivity index (χ4n) is 2.25. The summed E-state index contributed by atoms with van der Waals surface area (Å²) in [6, 6.07) is 3.87. The second-order valence-electron chi connectivity index (χ2n) is 4.42. The molecule has 1 atom stereocenters. The van der Waals surface area contributed by atoms with E-state index in [0.717, 1.165) is 22.9 Å². The first kappa shape index (κ1) is 11.7. The normalized spacial score (nSPS) is 19.2. The second-order valence-corrected chi connectivity index (χ2v) is 5.28. The fourth-order valence-corrected chi connectivity index (χ4v) is 2.73. The molecule has 0 spiro atoms. The van der Waals surface area contributed by atoms with Gasteiger partial charge in [0.2, 0.25) is 0 Å². The van der Waals surface area contributed by atoms with E-state index in [1.54, 1.807) is 7.11 Å². The third kappa shape index (κ3) is 1.60. The Hall–Kier alpha value is -0.740. The van der Waals surface area contributed by atoms with Crippen LogP contribution in [0.4, 0.5) is 0 Å². The maximum absolute atomic E-state index is 10.2. The van der Waals surface area contributed by atoms with Crippen LogP contribution < -0.4 is 10.5 Å². The van der Waals surface area contributed by atoms with Crippen molar-refractivity contribution in [3.63, 3.8) is 0 Å². The van der Waals surface area contributed by atoms with E-state index in [1.165, 1.54) is 0 Å². The molecule has 1 unspecified atom stereocenters. The minimum atomic E-state index is -0.0575. The lowest BCUT2D eigenvalue weighted by atomic mass is 9.88. The molecular weight excluding hydrogens is 270 g/mol. The number of phenolic OH excluding ortho intramolecular Hbond substituents is 1. The van der Waals surface area contributed by atoms with Crippen LogP contribution in [0.5, 0.6) is 11.5 Å². The third-order valence-corrected chi connectivity index (χ3v) is 4.11. The van der Waals surface area contributed by atoms with Gasteiger partial charge in [-0.25, -0.2) is 0 Å². The Morgan fingerprint density at radius 3 is 2.56 bits per heavy atom. The van der Waals surface area contributed by atoms with Gasteiger partial charge in [0, 0.05) is 17.0 Å². The monoisotopic (exact) mass is 285 g/mol. The van der Waals surface area contributed by atoms with Crippen LogP contribution in [0, 0.1) is 0 Å². The molecule has 1 aromatic carbocycles. The topological polar surface area (TPSA) is 55.5 Å². The number of rotatable bonds is 3. The van der Waals surface area contributed by atoms with Gasteiger partial charge in [-0.15, -0.1) is 0 Å². The number of aromatic hydroxyl groups is 1. The minimum absolute atomic E-state index is 0.0456. The zero-order chi connectivity index (χ0) is 11.9. The Balaban J connectivity index is 2.51. The van der Waals surface area contributed by atoms with Crippen LogP contribution in [0.1, 0.15) is 25.3 Å². The lowest BCUT2D eigenvalue weighted by molar-refractivity contribution is 0.363. The van der Waals surface area contributed by atoms with Crippen LogP contribution in [-0.4, -0.2) is 18.3 Å². The van der Waals surface area contributed by atoms with Crippen molar-refractivity contribution in [2.75, 3.05) is 7.11 Å². The molecule has 1 fully saturated rings. The van der Waals surface area contributed by atoms with Crippen LogP contribution in [0.3, 0.4) is 0 Å². The molecule has 1 aliphatic rings. The Bertz CT molecular complexity index is 414. The van der Waals surface area contributed by atoms with Gasteiger partial charge in [-0.1, -0.05) is 6.07 Å². The Morgan fingerprint density at radius 1 is 1.50 bits per heavy atom. The highest BCUT2D eigenvalue weighted by atomic mass is 79.9. The zero-order valence-electron chi connectivity index (χ0n) is 9.46. The Morgan fingerprint density at radius 2 is 2.12 bits per heavy atom. The second kappa shape index (κ2) is 3.93. The molecule has 3 N–H and O–H groups in total. The lowest BCUT2D eigenvalue weighted by Crippen LogP contribution is -2.31. The highest BCUT2D eigenvalue weighted by Crippen LogP contribution is 2.55. The molecule has 16 heavy (non-hydrogen) atoms. The first-order valence-electron chi connectivity index (χ1n) is 5.34. The number of phenols is 1. The molecule has 1 aromatic rings. The summed E-state index contributed by atoms with van der Waals surface area (Å²) in [4.78, 5) is 0. The van der Waals surface area contributed by atoms with Crippen LogP contribution >= 0.6 is 15.9 Å². The summed E-state index contributed by atoms with van der Waals surface area (Å²) < 4.78 is 5.94. The SMILES string of the molecule is COc1c(Br)ccc(C2(C(C)N)CC2)c1O. The van der Waals surface area contributed by atoms with Crippen molar-refractivity contribution >= 4 is 15.9 Å². The van der Waals surface area contributed by atoms with Crippen LogP contribution in [0.2, 0.25) is 0 Å². The van der Waals surface area contributed by atoms with Crippen LogP contribution in [0.15, 0.2) is 16.6 Å². The minimum Gasteiger partial charge on any atom is -0.504 e. The van der Waals surface area contributed by atoms with E-state index in [0.29, 0.717) is 5.75 Å². The van der Waals surface area contributed by atoms with Crippen molar-refractivity contribution in [1.82, 2.24) is 0 Å². The molecular formula is C12H16BrNO2. The summed E-state index contributed by atoms with van der Waals surface area (Å²) in [7, 11) is 1.55. The first-order valence-corrected chi connectivity index (χ1v) is 6.14. The van der Waals surface area contributed by atoms with Gasteiger partial charge < -0.3 is 15.6 Å². The molecule has 4 heteroatoms. The van der Waals surface area contributed by atoms with E-state index in [4.69, 9.17) is 10.5 Å². The highest BCUT2D eigenvalue weighted by molar-refractivity contribution is 9.10. The molecule has 0 amide bonds. The molecule has 88 valence electrons. The molecule has 0 saturated heterocycles. The summed E-state index contributed by atoms with van der Waals surface area (Å²) in [6.07, 6.45) is 2.06. The number of halogens is 1. The predicted octanol–water partition coefficient (Wildman–Crippen LogP) is 2.54. The van der Waals surface area contributed by atoms with Gasteiger partial charge in [0.1, 0.15) is 0 Å². The van der Waals surface area contributed by atoms with Crippen molar-refractivity contribution < 1.29 is 9.84 Å². The maximum Gasteiger partial charge on any atom is 0.174 e. The quantitative estimate of drug-likeness (QED) is 0.897. The van der Waals surface area contributed by atoms with E-state index in [1.807, 2.05) is 19.1 Å². The van der Waals surface area contributed by atoms with E-state index < -0.39 is 0 Å². The Kier molecular flexibility index (Phi) is 2.88. The van der Waals surface area contributed by atoms with Gasteiger partial charge in [0.05, 0.1) is 11.6 Å². The smallest absolute Gasteiger partial charge is 0.174 e. The molecule has 0 aromatic heterocycles. The van der Waals surface area contributed by atoms with Gasteiger partial charge in [0.15, 0.2) is 11.5 Å². The third-order valence-electron chi connectivity index (χ3n) is 3.48. The summed E-state index contributed by atoms with van der Waals surface area (Å²) in [5.74, 6) is 0.705. The Labute approximate surface area is 104 Å². The maximum atomic E-state index is 10.2. The van der Waals surface area contributed by atoms with Gasteiger partial charge >= 0.3 is 0 Å². The van der Waals surface area contributed by atoms with Crippen molar-refractivity contribution in [1.29, 1.82) is 0 Å². The number of benzene rings is 1. The average Bonchev–Trinajstić information content (AvgIpc) is 2.99. The van der Waals surface area contributed by atoms with E-state index in [-0.39, 0.29) is 17.2 Å². The zero-order valence-corrected chi connectivity index (χ0v) is 11.0. The molecule has 0 radical (unpaired) electrons. The van der Waals surface area contributed by atoms with Crippen molar-refractivity contribution in [2.24, 2.45) is 5.73 Å². The fraction of sp³-hybridized carbons (Fsp3) is 0.500. The van der Waals surface area contributed by atoms with Gasteiger partial charge in [0.25, 0.3) is 0 Å². The molecule has 1 aliphatic carbocycles. The number of nitrogens with two attached hydrogens (primary N) is 1. The van der Waals surface area contributed by atoms with Crippen molar-refractivity contribution in [2.45, 2.75) is 31.2 Å². The number of hydrogen-bond donors (Lipinski definition) is 2. The summed E-state index contributed by atoms with van der Waals surface area (Å²) in [5, 5.41) is 10.2. The number of ether oxygens (including phenoxy) is 1. The van der Waals surface area contributed by atoms with Gasteiger partial charge in [-0.3, -0.25) is 0 Å². The molecule has 0 heterocycles. The first-order chi connectivity index (χ1) is 7.53. The largest absolute Gasteiger partial charge is 0.504 e. The molecule has 3 nitrogen and oxygen atoms in total. The predicted molar refractivity (Wildman–Crippen MR) is 66.9 cm³/mol. The van der Waals surface area contributed by atoms with Crippen LogP contribution in [-0.2, 0) is 5.41 Å². The van der Waals surface area contributed by atoms with Crippen molar-refractivity contribution in [3.8, 4) is 11.5 Å². The molecule has 2 rings (SSSR count). The van der Waals surface area contributed by atoms with Crippen LogP contribution in [0.25, 0.3) is 0 Å². The molecule has 0 bridgehead atoms. The van der Waals surface area contributed by atoms with Gasteiger partial charge in [-0.2, -0.15) is 0 Å². The van der Waals surface area contributed by atoms with E-state index >= 15 is 0 Å². The highest BCUT2D eigenvalue weighted by Gasteiger charge is 2.49. The summed E-state index contributed by atoms with van der Waals surface area (Å²) >= 11 is 3.35. The van der Waals surface area contributed by atoms with E-state index in [9.17, 15) is 5.11 Å². The van der Waals surface area contributed by atoms with E-state index in [2.05, 4.69) is 15.9 Å². The standard InChI is InChI=1S/C12H16BrNO2/c1-7(14)12(5-6-12)8-3-4-9(13)11(16-2)10(8)15/h3-4,7,15H,5-6,14H2,1-2H3. The molecule has 0 aliphatic heterocycles. The number of hydrogen-bond acceptors (Lipinski definition) is 3. The van der Waals surface area contributed by atoms with Crippen molar-refractivity contribution in [3.05, 3.63) is 22.2 Å². The average molecular weight is 286 g/mol. The molecule has 1 saturated carbocycles. The summed E-state index contributed by atoms with van der Waals surface area (Å²) in [6.45, 7) is 1.99. The summed E-state index contributed by atoms with van der Waals surface area (Å²) in [5.41, 5.74) is 6.85. The van der Waals surface area contributed by atoms with Gasteiger partial charge in [-0.05, 0) is 41.8 Å². The number of methoxy groups -OCH3 is 1.